The molecule has 0 spiro atoms. The summed E-state index contributed by atoms with van der Waals surface area (Å²) in [5.41, 5.74) is -0.0692. The standard InChI is InChI=1S/C11H25NO/c1-5-8-12-11(4,9-13)7-6-10(2)3/h10,12-13H,5-9H2,1-4H3. The third-order valence-electron chi connectivity index (χ3n) is 2.42. The molecule has 80 valence electrons. The second-order valence-electron chi connectivity index (χ2n) is 4.58. The number of hydrogen-bond donors (Lipinski definition) is 2. The van der Waals surface area contributed by atoms with E-state index in [0.29, 0.717) is 5.92 Å². The van der Waals surface area contributed by atoms with E-state index < -0.39 is 0 Å². The molecule has 2 N–H and O–H groups in total. The average Bonchev–Trinajstić information content (AvgIpc) is 2.11. The first kappa shape index (κ1) is 12.9. The van der Waals surface area contributed by atoms with Crippen LogP contribution < -0.4 is 5.32 Å². The van der Waals surface area contributed by atoms with E-state index in [1.54, 1.807) is 0 Å². The third-order valence-corrected chi connectivity index (χ3v) is 2.42. The molecule has 0 aromatic carbocycles. The topological polar surface area (TPSA) is 32.3 Å². The van der Waals surface area contributed by atoms with Crippen molar-refractivity contribution in [1.82, 2.24) is 5.32 Å². The van der Waals surface area contributed by atoms with Crippen LogP contribution in [0.15, 0.2) is 0 Å². The van der Waals surface area contributed by atoms with Crippen LogP contribution in [-0.4, -0.2) is 23.8 Å². The monoisotopic (exact) mass is 187 g/mol. The molecular weight excluding hydrogens is 162 g/mol. The van der Waals surface area contributed by atoms with Crippen LogP contribution in [0.4, 0.5) is 0 Å². The molecule has 0 aliphatic rings. The van der Waals surface area contributed by atoms with Gasteiger partial charge >= 0.3 is 0 Å². The van der Waals surface area contributed by atoms with Crippen molar-refractivity contribution in [3.05, 3.63) is 0 Å². The minimum atomic E-state index is -0.0692. The van der Waals surface area contributed by atoms with Gasteiger partial charge in [0.05, 0.1) is 6.61 Å². The predicted octanol–water partition coefficient (Wildman–Crippen LogP) is 2.17. The Balaban J connectivity index is 3.81. The fraction of sp³-hybridized carbons (Fsp3) is 1.00. The van der Waals surface area contributed by atoms with Crippen molar-refractivity contribution in [3.8, 4) is 0 Å². The highest BCUT2D eigenvalue weighted by Gasteiger charge is 2.21. The summed E-state index contributed by atoms with van der Waals surface area (Å²) in [4.78, 5) is 0. The second kappa shape index (κ2) is 6.39. The van der Waals surface area contributed by atoms with E-state index in [1.165, 1.54) is 6.42 Å². The summed E-state index contributed by atoms with van der Waals surface area (Å²) in [6.07, 6.45) is 3.35. The van der Waals surface area contributed by atoms with Gasteiger partial charge in [-0.2, -0.15) is 0 Å². The molecule has 0 saturated heterocycles. The van der Waals surface area contributed by atoms with Crippen LogP contribution in [0.2, 0.25) is 0 Å². The summed E-state index contributed by atoms with van der Waals surface area (Å²) in [5, 5.41) is 12.7. The summed E-state index contributed by atoms with van der Waals surface area (Å²) in [6, 6.07) is 0. The molecule has 0 aliphatic heterocycles. The molecule has 13 heavy (non-hydrogen) atoms. The zero-order chi connectivity index (χ0) is 10.3. The summed E-state index contributed by atoms with van der Waals surface area (Å²) < 4.78 is 0. The van der Waals surface area contributed by atoms with Gasteiger partial charge in [-0.05, 0) is 38.6 Å². The summed E-state index contributed by atoms with van der Waals surface area (Å²) in [5.74, 6) is 0.717. The minimum Gasteiger partial charge on any atom is -0.394 e. The fourth-order valence-corrected chi connectivity index (χ4v) is 1.26. The molecule has 1 unspecified atom stereocenters. The largest absolute Gasteiger partial charge is 0.394 e. The quantitative estimate of drug-likeness (QED) is 0.640. The van der Waals surface area contributed by atoms with Crippen molar-refractivity contribution in [2.45, 2.75) is 52.5 Å². The van der Waals surface area contributed by atoms with Gasteiger partial charge in [-0.25, -0.2) is 0 Å². The maximum absolute atomic E-state index is 9.26. The van der Waals surface area contributed by atoms with E-state index in [0.717, 1.165) is 19.4 Å². The van der Waals surface area contributed by atoms with E-state index in [9.17, 15) is 5.11 Å². The van der Waals surface area contributed by atoms with Crippen LogP contribution in [0.1, 0.15) is 47.0 Å². The summed E-state index contributed by atoms with van der Waals surface area (Å²) in [7, 11) is 0. The first-order valence-corrected chi connectivity index (χ1v) is 5.40. The maximum atomic E-state index is 9.26. The van der Waals surface area contributed by atoms with E-state index in [1.807, 2.05) is 0 Å². The van der Waals surface area contributed by atoms with Crippen LogP contribution in [0.25, 0.3) is 0 Å². The van der Waals surface area contributed by atoms with E-state index in [4.69, 9.17) is 0 Å². The first-order chi connectivity index (χ1) is 6.04. The number of aliphatic hydroxyl groups is 1. The Morgan fingerprint density at radius 2 is 2.00 bits per heavy atom. The Bertz CT molecular complexity index is 125. The zero-order valence-corrected chi connectivity index (χ0v) is 9.56. The number of nitrogens with one attached hydrogen (secondary N) is 1. The molecule has 2 nitrogen and oxygen atoms in total. The fourth-order valence-electron chi connectivity index (χ4n) is 1.26. The Kier molecular flexibility index (Phi) is 6.35. The van der Waals surface area contributed by atoms with Gasteiger partial charge in [0.25, 0.3) is 0 Å². The molecule has 0 saturated carbocycles. The Morgan fingerprint density at radius 3 is 2.38 bits per heavy atom. The number of aliphatic hydroxyl groups excluding tert-OH is 1. The molecule has 2 heteroatoms. The summed E-state index contributed by atoms with van der Waals surface area (Å²) >= 11 is 0. The molecule has 1 atom stereocenters. The Morgan fingerprint density at radius 1 is 1.38 bits per heavy atom. The third kappa shape index (κ3) is 6.05. The Labute approximate surface area is 82.7 Å². The molecule has 0 fully saturated rings. The molecule has 0 amide bonds. The van der Waals surface area contributed by atoms with Crippen LogP contribution >= 0.6 is 0 Å². The first-order valence-electron chi connectivity index (χ1n) is 5.40. The lowest BCUT2D eigenvalue weighted by atomic mass is 9.92. The summed E-state index contributed by atoms with van der Waals surface area (Å²) in [6.45, 7) is 9.92. The van der Waals surface area contributed by atoms with Crippen molar-refractivity contribution in [1.29, 1.82) is 0 Å². The van der Waals surface area contributed by atoms with Crippen molar-refractivity contribution < 1.29 is 5.11 Å². The van der Waals surface area contributed by atoms with Gasteiger partial charge in [-0.1, -0.05) is 20.8 Å². The van der Waals surface area contributed by atoms with Crippen molar-refractivity contribution in [2.24, 2.45) is 5.92 Å². The van der Waals surface area contributed by atoms with Gasteiger partial charge < -0.3 is 10.4 Å². The average molecular weight is 187 g/mol. The molecule has 0 bridgehead atoms. The smallest absolute Gasteiger partial charge is 0.0610 e. The molecule has 0 aliphatic carbocycles. The molecule has 0 aromatic rings. The zero-order valence-electron chi connectivity index (χ0n) is 9.56. The maximum Gasteiger partial charge on any atom is 0.0610 e. The molecule has 0 rings (SSSR count). The normalized spacial score (nSPS) is 16.2. The van der Waals surface area contributed by atoms with Crippen LogP contribution in [-0.2, 0) is 0 Å². The highest BCUT2D eigenvalue weighted by molar-refractivity contribution is 4.82. The van der Waals surface area contributed by atoms with E-state index in [2.05, 4.69) is 33.0 Å². The highest BCUT2D eigenvalue weighted by atomic mass is 16.3. The number of rotatable bonds is 7. The van der Waals surface area contributed by atoms with Gasteiger partial charge in [0, 0.05) is 5.54 Å². The molecule has 0 heterocycles. The van der Waals surface area contributed by atoms with Gasteiger partial charge in [0.15, 0.2) is 0 Å². The van der Waals surface area contributed by atoms with Gasteiger partial charge in [-0.3, -0.25) is 0 Å². The predicted molar refractivity (Wildman–Crippen MR) is 57.9 cm³/mol. The highest BCUT2D eigenvalue weighted by Crippen LogP contribution is 2.15. The number of hydrogen-bond acceptors (Lipinski definition) is 2. The van der Waals surface area contributed by atoms with Crippen molar-refractivity contribution in [3.63, 3.8) is 0 Å². The SMILES string of the molecule is CCCNC(C)(CO)CCC(C)C. The van der Waals surface area contributed by atoms with Crippen LogP contribution in [0, 0.1) is 5.92 Å². The lowest BCUT2D eigenvalue weighted by molar-refractivity contribution is 0.159. The molecule has 0 radical (unpaired) electrons. The van der Waals surface area contributed by atoms with Crippen LogP contribution in [0.3, 0.4) is 0 Å². The van der Waals surface area contributed by atoms with E-state index in [-0.39, 0.29) is 12.1 Å². The van der Waals surface area contributed by atoms with Gasteiger partial charge in [0.2, 0.25) is 0 Å². The minimum absolute atomic E-state index is 0.0692. The van der Waals surface area contributed by atoms with Crippen molar-refractivity contribution in [2.75, 3.05) is 13.2 Å². The lowest BCUT2D eigenvalue weighted by Crippen LogP contribution is -2.46. The second-order valence-corrected chi connectivity index (χ2v) is 4.58. The van der Waals surface area contributed by atoms with E-state index >= 15 is 0 Å². The van der Waals surface area contributed by atoms with Crippen LogP contribution in [0.5, 0.6) is 0 Å². The lowest BCUT2D eigenvalue weighted by Gasteiger charge is -2.29. The molecule has 0 aromatic heterocycles. The molecular formula is C11H25NO. The van der Waals surface area contributed by atoms with Crippen molar-refractivity contribution >= 4 is 0 Å². The Hall–Kier alpha value is -0.0800. The van der Waals surface area contributed by atoms with Gasteiger partial charge in [-0.15, -0.1) is 0 Å². The van der Waals surface area contributed by atoms with Gasteiger partial charge in [0.1, 0.15) is 0 Å².